The summed E-state index contributed by atoms with van der Waals surface area (Å²) in [6.45, 7) is 3.80. The number of aromatic nitrogens is 2. The number of amides is 1. The Morgan fingerprint density at radius 1 is 1.36 bits per heavy atom. The van der Waals surface area contributed by atoms with Gasteiger partial charge >= 0.3 is 0 Å². The van der Waals surface area contributed by atoms with E-state index < -0.39 is 0 Å². The number of nitrogen functional groups attached to an aromatic ring is 1. The van der Waals surface area contributed by atoms with Crippen LogP contribution in [0.1, 0.15) is 24.2 Å². The smallest absolute Gasteiger partial charge is 0.230 e. The van der Waals surface area contributed by atoms with E-state index in [2.05, 4.69) is 31.2 Å². The zero-order chi connectivity index (χ0) is 16.1. The van der Waals surface area contributed by atoms with Crippen LogP contribution in [0.2, 0.25) is 0 Å². The molecular formula is C15H17BrN4OS. The number of carbonyl (C=O) groups is 1. The third-order valence-electron chi connectivity index (χ3n) is 2.93. The SMILES string of the molecule is Cc1cc(N)nc(SCC(=O)NC(C)c2ccc(Br)cc2)n1. The lowest BCUT2D eigenvalue weighted by Gasteiger charge is -2.14. The molecule has 7 heteroatoms. The summed E-state index contributed by atoms with van der Waals surface area (Å²) in [7, 11) is 0. The van der Waals surface area contributed by atoms with E-state index in [-0.39, 0.29) is 17.7 Å². The van der Waals surface area contributed by atoms with Gasteiger partial charge in [0.05, 0.1) is 11.8 Å². The highest BCUT2D eigenvalue weighted by Crippen LogP contribution is 2.18. The number of carbonyl (C=O) groups excluding carboxylic acids is 1. The normalized spacial score (nSPS) is 12.0. The molecule has 5 nitrogen and oxygen atoms in total. The van der Waals surface area contributed by atoms with Crippen LogP contribution in [-0.4, -0.2) is 21.6 Å². The van der Waals surface area contributed by atoms with Crippen molar-refractivity contribution in [1.29, 1.82) is 0 Å². The molecular weight excluding hydrogens is 364 g/mol. The van der Waals surface area contributed by atoms with E-state index in [1.807, 2.05) is 38.1 Å². The van der Waals surface area contributed by atoms with E-state index in [9.17, 15) is 4.79 Å². The minimum absolute atomic E-state index is 0.0512. The number of nitrogens with one attached hydrogen (secondary N) is 1. The third kappa shape index (κ3) is 4.99. The lowest BCUT2D eigenvalue weighted by Crippen LogP contribution is -2.28. The van der Waals surface area contributed by atoms with Crippen molar-refractivity contribution in [3.63, 3.8) is 0 Å². The van der Waals surface area contributed by atoms with Gasteiger partial charge in [0.15, 0.2) is 5.16 Å². The van der Waals surface area contributed by atoms with Crippen LogP contribution >= 0.6 is 27.7 Å². The first-order valence-corrected chi connectivity index (χ1v) is 8.50. The van der Waals surface area contributed by atoms with Crippen LogP contribution in [0, 0.1) is 6.92 Å². The number of nitrogens with two attached hydrogens (primary N) is 1. The molecule has 0 fully saturated rings. The van der Waals surface area contributed by atoms with Crippen molar-refractivity contribution < 1.29 is 4.79 Å². The maximum atomic E-state index is 12.0. The van der Waals surface area contributed by atoms with Gasteiger partial charge < -0.3 is 11.1 Å². The van der Waals surface area contributed by atoms with Gasteiger partial charge in [0.1, 0.15) is 5.82 Å². The average molecular weight is 381 g/mol. The average Bonchev–Trinajstić information content (AvgIpc) is 2.45. The van der Waals surface area contributed by atoms with E-state index in [0.29, 0.717) is 11.0 Å². The fourth-order valence-corrected chi connectivity index (χ4v) is 2.86. The number of anilines is 1. The van der Waals surface area contributed by atoms with Gasteiger partial charge in [-0.1, -0.05) is 39.8 Å². The summed E-state index contributed by atoms with van der Waals surface area (Å²) >= 11 is 4.67. The molecule has 1 unspecified atom stereocenters. The van der Waals surface area contributed by atoms with Crippen molar-refractivity contribution in [3.05, 3.63) is 46.1 Å². The molecule has 1 aromatic heterocycles. The molecule has 0 radical (unpaired) electrons. The second kappa shape index (κ2) is 7.60. The zero-order valence-electron chi connectivity index (χ0n) is 12.3. The molecule has 1 atom stereocenters. The summed E-state index contributed by atoms with van der Waals surface area (Å²) in [6, 6.07) is 9.51. The fraction of sp³-hybridized carbons (Fsp3) is 0.267. The topological polar surface area (TPSA) is 80.9 Å². The lowest BCUT2D eigenvalue weighted by molar-refractivity contribution is -0.119. The molecule has 1 heterocycles. The molecule has 0 aliphatic rings. The van der Waals surface area contributed by atoms with Crippen molar-refractivity contribution in [2.24, 2.45) is 0 Å². The van der Waals surface area contributed by atoms with Crippen LogP contribution in [0.3, 0.4) is 0 Å². The lowest BCUT2D eigenvalue weighted by atomic mass is 10.1. The molecule has 2 rings (SSSR count). The Balaban J connectivity index is 1.88. The molecule has 0 spiro atoms. The first kappa shape index (κ1) is 16.8. The quantitative estimate of drug-likeness (QED) is 0.615. The second-order valence-electron chi connectivity index (χ2n) is 4.85. The summed E-state index contributed by atoms with van der Waals surface area (Å²) in [4.78, 5) is 20.3. The summed E-state index contributed by atoms with van der Waals surface area (Å²) in [6.07, 6.45) is 0. The summed E-state index contributed by atoms with van der Waals surface area (Å²) < 4.78 is 1.01. The molecule has 0 saturated carbocycles. The van der Waals surface area contributed by atoms with Crippen molar-refractivity contribution in [2.45, 2.75) is 25.0 Å². The summed E-state index contributed by atoms with van der Waals surface area (Å²) in [5, 5.41) is 3.47. The van der Waals surface area contributed by atoms with E-state index in [4.69, 9.17) is 5.73 Å². The van der Waals surface area contributed by atoms with E-state index >= 15 is 0 Å². The van der Waals surface area contributed by atoms with Crippen LogP contribution in [0.25, 0.3) is 0 Å². The van der Waals surface area contributed by atoms with Gasteiger partial charge in [0.25, 0.3) is 0 Å². The summed E-state index contributed by atoms with van der Waals surface area (Å²) in [5.74, 6) is 0.603. The number of aryl methyl sites for hydroxylation is 1. The maximum Gasteiger partial charge on any atom is 0.230 e. The van der Waals surface area contributed by atoms with Gasteiger partial charge in [0.2, 0.25) is 5.91 Å². The van der Waals surface area contributed by atoms with Gasteiger partial charge in [-0.05, 0) is 31.5 Å². The first-order valence-electron chi connectivity index (χ1n) is 6.73. The van der Waals surface area contributed by atoms with Crippen molar-refractivity contribution in [1.82, 2.24) is 15.3 Å². The van der Waals surface area contributed by atoms with Crippen LogP contribution in [0.15, 0.2) is 40.0 Å². The Hall–Kier alpha value is -1.60. The Kier molecular flexibility index (Phi) is 5.79. The van der Waals surface area contributed by atoms with E-state index in [1.165, 1.54) is 11.8 Å². The van der Waals surface area contributed by atoms with Crippen LogP contribution < -0.4 is 11.1 Å². The molecule has 0 bridgehead atoms. The van der Waals surface area contributed by atoms with Gasteiger partial charge in [-0.15, -0.1) is 0 Å². The molecule has 0 aliphatic heterocycles. The molecule has 3 N–H and O–H groups in total. The predicted octanol–water partition coefficient (Wildman–Crippen LogP) is 3.10. The minimum atomic E-state index is -0.0657. The molecule has 22 heavy (non-hydrogen) atoms. The van der Waals surface area contributed by atoms with Gasteiger partial charge in [-0.2, -0.15) is 0 Å². The minimum Gasteiger partial charge on any atom is -0.384 e. The molecule has 2 aromatic rings. The first-order chi connectivity index (χ1) is 10.4. The second-order valence-corrected chi connectivity index (χ2v) is 6.70. The monoisotopic (exact) mass is 380 g/mol. The predicted molar refractivity (Wildman–Crippen MR) is 92.6 cm³/mol. The van der Waals surface area contributed by atoms with Crippen LogP contribution in [-0.2, 0) is 4.79 Å². The van der Waals surface area contributed by atoms with Crippen LogP contribution in [0.5, 0.6) is 0 Å². The molecule has 0 aliphatic carbocycles. The molecule has 1 aromatic carbocycles. The third-order valence-corrected chi connectivity index (χ3v) is 4.31. The molecule has 1 amide bonds. The van der Waals surface area contributed by atoms with Gasteiger partial charge in [0, 0.05) is 16.2 Å². The standard InChI is InChI=1S/C15H17BrN4OS/c1-9-7-13(17)20-15(18-9)22-8-14(21)19-10(2)11-3-5-12(16)6-4-11/h3-7,10H,8H2,1-2H3,(H,19,21)(H2,17,18,20). The van der Waals surface area contributed by atoms with E-state index in [1.54, 1.807) is 6.07 Å². The van der Waals surface area contributed by atoms with Gasteiger partial charge in [-0.25, -0.2) is 9.97 Å². The van der Waals surface area contributed by atoms with Crippen molar-refractivity contribution >= 4 is 39.4 Å². The number of hydrogen-bond donors (Lipinski definition) is 2. The number of benzene rings is 1. The zero-order valence-corrected chi connectivity index (χ0v) is 14.7. The maximum absolute atomic E-state index is 12.0. The number of rotatable bonds is 5. The van der Waals surface area contributed by atoms with Gasteiger partial charge in [-0.3, -0.25) is 4.79 Å². The largest absolute Gasteiger partial charge is 0.384 e. The number of halogens is 1. The Bertz CT molecular complexity index is 643. The van der Waals surface area contributed by atoms with Crippen molar-refractivity contribution in [2.75, 3.05) is 11.5 Å². The molecule has 116 valence electrons. The Morgan fingerprint density at radius 2 is 2.05 bits per heavy atom. The fourth-order valence-electron chi connectivity index (χ4n) is 1.88. The van der Waals surface area contributed by atoms with E-state index in [0.717, 1.165) is 15.7 Å². The Morgan fingerprint density at radius 3 is 2.68 bits per heavy atom. The number of nitrogens with zero attached hydrogens (tertiary/aromatic N) is 2. The van der Waals surface area contributed by atoms with Crippen LogP contribution in [0.4, 0.5) is 5.82 Å². The Labute approximate surface area is 142 Å². The summed E-state index contributed by atoms with van der Waals surface area (Å²) in [5.41, 5.74) is 7.51. The molecule has 0 saturated heterocycles. The highest BCUT2D eigenvalue weighted by molar-refractivity contribution is 9.10. The van der Waals surface area contributed by atoms with Crippen molar-refractivity contribution in [3.8, 4) is 0 Å². The highest BCUT2D eigenvalue weighted by atomic mass is 79.9. The number of thioether (sulfide) groups is 1. The number of hydrogen-bond acceptors (Lipinski definition) is 5. The highest BCUT2D eigenvalue weighted by Gasteiger charge is 2.11.